The maximum atomic E-state index is 13.9. The molecule has 4 heteroatoms. The fourth-order valence-electron chi connectivity index (χ4n) is 1.88. The highest BCUT2D eigenvalue weighted by atomic mass is 32.2. The highest BCUT2D eigenvalue weighted by Crippen LogP contribution is 2.48. The van der Waals surface area contributed by atoms with E-state index in [1.54, 1.807) is 6.07 Å². The van der Waals surface area contributed by atoms with Crippen molar-refractivity contribution in [1.29, 1.82) is 0 Å². The van der Waals surface area contributed by atoms with Gasteiger partial charge in [-0.3, -0.25) is 0 Å². The third-order valence-electron chi connectivity index (χ3n) is 2.65. The minimum absolute atomic E-state index is 0.0731. The molecule has 1 heterocycles. The molecule has 0 saturated carbocycles. The minimum atomic E-state index is -0.358. The molecule has 0 bridgehead atoms. The zero-order chi connectivity index (χ0) is 13.4. The number of benzene rings is 2. The molecule has 1 aliphatic heterocycles. The first-order valence-electron chi connectivity index (χ1n) is 6.08. The third kappa shape index (κ3) is 2.40. The molecule has 0 unspecified atom stereocenters. The number of hydrogen-bond donors (Lipinski definition) is 0. The van der Waals surface area contributed by atoms with Gasteiger partial charge in [-0.25, -0.2) is 4.39 Å². The van der Waals surface area contributed by atoms with Crippen LogP contribution in [-0.4, -0.2) is 6.10 Å². The maximum absolute atomic E-state index is 13.9. The average molecular weight is 276 g/mol. The SMILES string of the molecule is CC(C)Oc1cc2c(cc1F)Sc1ccccc1O2. The van der Waals surface area contributed by atoms with Crippen LogP contribution in [-0.2, 0) is 0 Å². The Bertz CT molecular complexity index is 626. The Morgan fingerprint density at radius 3 is 2.68 bits per heavy atom. The minimum Gasteiger partial charge on any atom is -0.488 e. The lowest BCUT2D eigenvalue weighted by Crippen LogP contribution is -2.07. The van der Waals surface area contributed by atoms with Crippen LogP contribution in [0.1, 0.15) is 13.8 Å². The molecule has 1 aliphatic rings. The van der Waals surface area contributed by atoms with Crippen LogP contribution in [0.2, 0.25) is 0 Å². The summed E-state index contributed by atoms with van der Waals surface area (Å²) in [5.74, 6) is 1.31. The molecule has 0 N–H and O–H groups in total. The predicted molar refractivity (Wildman–Crippen MR) is 72.8 cm³/mol. The second-order valence-corrected chi connectivity index (χ2v) is 5.63. The molecule has 0 aliphatic carbocycles. The lowest BCUT2D eigenvalue weighted by Gasteiger charge is -2.21. The molecule has 0 fully saturated rings. The van der Waals surface area contributed by atoms with Crippen LogP contribution >= 0.6 is 11.8 Å². The first kappa shape index (κ1) is 12.4. The van der Waals surface area contributed by atoms with E-state index in [4.69, 9.17) is 9.47 Å². The molecule has 2 aromatic carbocycles. The summed E-state index contributed by atoms with van der Waals surface area (Å²) in [6, 6.07) is 10.8. The van der Waals surface area contributed by atoms with Gasteiger partial charge in [-0.1, -0.05) is 23.9 Å². The van der Waals surface area contributed by atoms with Gasteiger partial charge in [0.1, 0.15) is 11.5 Å². The molecular formula is C15H13FO2S. The summed E-state index contributed by atoms with van der Waals surface area (Å²) < 4.78 is 25.1. The van der Waals surface area contributed by atoms with Crippen LogP contribution in [0.5, 0.6) is 17.2 Å². The third-order valence-corrected chi connectivity index (χ3v) is 3.75. The van der Waals surface area contributed by atoms with Gasteiger partial charge in [0.25, 0.3) is 0 Å². The number of ether oxygens (including phenoxy) is 2. The Hall–Kier alpha value is -1.68. The van der Waals surface area contributed by atoms with Crippen LogP contribution in [0.15, 0.2) is 46.2 Å². The highest BCUT2D eigenvalue weighted by Gasteiger charge is 2.20. The highest BCUT2D eigenvalue weighted by molar-refractivity contribution is 7.99. The first-order valence-corrected chi connectivity index (χ1v) is 6.90. The molecule has 2 nitrogen and oxygen atoms in total. The number of fused-ring (bicyclic) bond motifs is 2. The van der Waals surface area contributed by atoms with E-state index in [0.29, 0.717) is 5.75 Å². The van der Waals surface area contributed by atoms with Crippen molar-refractivity contribution in [2.24, 2.45) is 0 Å². The van der Waals surface area contributed by atoms with Crippen molar-refractivity contribution in [1.82, 2.24) is 0 Å². The summed E-state index contributed by atoms with van der Waals surface area (Å²) in [7, 11) is 0. The van der Waals surface area contributed by atoms with Gasteiger partial charge in [-0.05, 0) is 32.0 Å². The van der Waals surface area contributed by atoms with Crippen LogP contribution < -0.4 is 9.47 Å². The fraction of sp³-hybridized carbons (Fsp3) is 0.200. The largest absolute Gasteiger partial charge is 0.488 e. The Morgan fingerprint density at radius 2 is 1.89 bits per heavy atom. The zero-order valence-corrected chi connectivity index (χ0v) is 11.5. The topological polar surface area (TPSA) is 18.5 Å². The van der Waals surface area contributed by atoms with Crippen molar-refractivity contribution in [2.75, 3.05) is 0 Å². The van der Waals surface area contributed by atoms with Crippen molar-refractivity contribution < 1.29 is 13.9 Å². The molecule has 2 aromatic rings. The van der Waals surface area contributed by atoms with Gasteiger partial charge in [0.2, 0.25) is 0 Å². The number of rotatable bonds is 2. The summed E-state index contributed by atoms with van der Waals surface area (Å²) in [5, 5.41) is 0. The Morgan fingerprint density at radius 1 is 1.11 bits per heavy atom. The molecule has 0 radical (unpaired) electrons. The molecular weight excluding hydrogens is 263 g/mol. The Kier molecular flexibility index (Phi) is 3.11. The smallest absolute Gasteiger partial charge is 0.166 e. The normalized spacial score (nSPS) is 12.6. The Balaban J connectivity index is 1.99. The van der Waals surface area contributed by atoms with Crippen molar-refractivity contribution in [3.63, 3.8) is 0 Å². The quantitative estimate of drug-likeness (QED) is 0.665. The van der Waals surface area contributed by atoms with Crippen molar-refractivity contribution >= 4 is 11.8 Å². The predicted octanol–water partition coefficient (Wildman–Crippen LogP) is 4.87. The van der Waals surface area contributed by atoms with Crippen molar-refractivity contribution in [2.45, 2.75) is 29.7 Å². The van der Waals surface area contributed by atoms with Crippen LogP contribution in [0.3, 0.4) is 0 Å². The Labute approximate surface area is 115 Å². The van der Waals surface area contributed by atoms with Gasteiger partial charge in [0.15, 0.2) is 11.6 Å². The summed E-state index contributed by atoms with van der Waals surface area (Å²) in [5.41, 5.74) is 0. The van der Waals surface area contributed by atoms with E-state index in [2.05, 4.69) is 0 Å². The van der Waals surface area contributed by atoms with Crippen LogP contribution in [0, 0.1) is 5.82 Å². The van der Waals surface area contributed by atoms with Gasteiger partial charge >= 0.3 is 0 Å². The van der Waals surface area contributed by atoms with Gasteiger partial charge in [0, 0.05) is 6.07 Å². The van der Waals surface area contributed by atoms with Crippen molar-refractivity contribution in [3.05, 3.63) is 42.2 Å². The molecule has 98 valence electrons. The molecule has 0 atom stereocenters. The van der Waals surface area contributed by atoms with Gasteiger partial charge < -0.3 is 9.47 Å². The summed E-state index contributed by atoms with van der Waals surface area (Å²) in [6.45, 7) is 3.73. The van der Waals surface area contributed by atoms with E-state index in [0.717, 1.165) is 15.5 Å². The standard InChI is InChI=1S/C15H13FO2S/c1-9(2)17-12-8-13-15(7-10(12)16)19-14-6-4-3-5-11(14)18-13/h3-9H,1-2H3. The summed E-state index contributed by atoms with van der Waals surface area (Å²) >= 11 is 1.50. The van der Waals surface area contributed by atoms with E-state index in [1.165, 1.54) is 17.8 Å². The average Bonchev–Trinajstić information content (AvgIpc) is 2.37. The fourth-order valence-corrected chi connectivity index (χ4v) is 2.83. The summed E-state index contributed by atoms with van der Waals surface area (Å²) in [6.07, 6.45) is -0.0731. The molecule has 0 saturated heterocycles. The number of halogens is 1. The molecule has 0 spiro atoms. The second kappa shape index (κ2) is 4.78. The lowest BCUT2D eigenvalue weighted by molar-refractivity contribution is 0.229. The van der Waals surface area contributed by atoms with E-state index in [1.807, 2.05) is 38.1 Å². The van der Waals surface area contributed by atoms with E-state index < -0.39 is 0 Å². The van der Waals surface area contributed by atoms with E-state index >= 15 is 0 Å². The van der Waals surface area contributed by atoms with E-state index in [9.17, 15) is 4.39 Å². The van der Waals surface area contributed by atoms with Gasteiger partial charge in [0.05, 0.1) is 15.9 Å². The molecule has 19 heavy (non-hydrogen) atoms. The molecule has 0 amide bonds. The van der Waals surface area contributed by atoms with Crippen LogP contribution in [0.4, 0.5) is 4.39 Å². The number of hydrogen-bond acceptors (Lipinski definition) is 3. The number of para-hydroxylation sites is 1. The monoisotopic (exact) mass is 276 g/mol. The maximum Gasteiger partial charge on any atom is 0.166 e. The molecule has 0 aromatic heterocycles. The summed E-state index contributed by atoms with van der Waals surface area (Å²) in [4.78, 5) is 1.76. The van der Waals surface area contributed by atoms with Crippen molar-refractivity contribution in [3.8, 4) is 17.2 Å². The van der Waals surface area contributed by atoms with Gasteiger partial charge in [-0.2, -0.15) is 0 Å². The second-order valence-electron chi connectivity index (χ2n) is 4.55. The lowest BCUT2D eigenvalue weighted by atomic mass is 10.3. The van der Waals surface area contributed by atoms with Gasteiger partial charge in [-0.15, -0.1) is 0 Å². The van der Waals surface area contributed by atoms with E-state index in [-0.39, 0.29) is 17.7 Å². The molecule has 3 rings (SSSR count). The zero-order valence-electron chi connectivity index (χ0n) is 10.6. The first-order chi connectivity index (χ1) is 9.13. The van der Waals surface area contributed by atoms with Crippen LogP contribution in [0.25, 0.3) is 0 Å².